The van der Waals surface area contributed by atoms with Crippen LogP contribution in [0.3, 0.4) is 0 Å². The number of anilines is 1. The quantitative estimate of drug-likeness (QED) is 0.376. The van der Waals surface area contributed by atoms with Gasteiger partial charge in [0.1, 0.15) is 0 Å². The molecule has 0 aliphatic rings. The maximum atomic E-state index is 12.2. The molecule has 0 saturated carbocycles. The second-order valence-corrected chi connectivity index (χ2v) is 5.96. The van der Waals surface area contributed by atoms with Crippen molar-refractivity contribution in [3.05, 3.63) is 93.9 Å². The number of non-ortho nitro benzene ring substituents is 1. The molecule has 0 atom stereocenters. The third-order valence-electron chi connectivity index (χ3n) is 3.93. The van der Waals surface area contributed by atoms with Crippen LogP contribution in [0.1, 0.15) is 33.4 Å². The molecule has 3 rings (SSSR count). The highest BCUT2D eigenvalue weighted by atomic mass is 16.6. The van der Waals surface area contributed by atoms with Crippen molar-refractivity contribution in [2.75, 3.05) is 5.32 Å². The van der Waals surface area contributed by atoms with E-state index in [0.29, 0.717) is 17.0 Å². The van der Waals surface area contributed by atoms with E-state index in [4.69, 9.17) is 4.42 Å². The number of nitro groups is 1. The molecule has 0 aliphatic heterocycles. The molecule has 9 nitrogen and oxygen atoms in total. The first kappa shape index (κ1) is 19.5. The first-order valence-corrected chi connectivity index (χ1v) is 8.48. The third-order valence-corrected chi connectivity index (χ3v) is 3.93. The van der Waals surface area contributed by atoms with Crippen LogP contribution in [-0.2, 0) is 0 Å². The Morgan fingerprint density at radius 2 is 1.76 bits per heavy atom. The maximum Gasteiger partial charge on any atom is 0.291 e. The minimum atomic E-state index is -0.576. The summed E-state index contributed by atoms with van der Waals surface area (Å²) in [6, 6.07) is 15.4. The standard InChI is InChI=1S/C20H16N4O5/c1-13(22-23-19(25)15-6-3-8-17(12-15)24(27)28)14-5-2-7-16(11-14)21-20(26)18-9-4-10-29-18/h2-12H,1H3,(H,21,26)(H,23,25)/b22-13+. The third kappa shape index (κ3) is 4.92. The molecule has 3 aromatic rings. The number of rotatable bonds is 6. The summed E-state index contributed by atoms with van der Waals surface area (Å²) in [5.74, 6) is -0.777. The van der Waals surface area contributed by atoms with Gasteiger partial charge in [0.2, 0.25) is 0 Å². The number of hydrogen-bond donors (Lipinski definition) is 2. The summed E-state index contributed by atoms with van der Waals surface area (Å²) >= 11 is 0. The van der Waals surface area contributed by atoms with Crippen molar-refractivity contribution < 1.29 is 18.9 Å². The van der Waals surface area contributed by atoms with E-state index in [1.165, 1.54) is 30.5 Å². The Balaban J connectivity index is 1.69. The second kappa shape index (κ2) is 8.61. The first-order chi connectivity index (χ1) is 13.9. The number of hydrogen-bond acceptors (Lipinski definition) is 6. The van der Waals surface area contributed by atoms with Gasteiger partial charge < -0.3 is 9.73 Å². The number of nitro benzene ring substituents is 1. The van der Waals surface area contributed by atoms with Gasteiger partial charge in [0.05, 0.1) is 16.9 Å². The average molecular weight is 392 g/mol. The van der Waals surface area contributed by atoms with Crippen molar-refractivity contribution >= 4 is 28.9 Å². The molecule has 9 heteroatoms. The van der Waals surface area contributed by atoms with Gasteiger partial charge in [-0.05, 0) is 42.8 Å². The lowest BCUT2D eigenvalue weighted by molar-refractivity contribution is -0.384. The van der Waals surface area contributed by atoms with Crippen molar-refractivity contribution in [2.45, 2.75) is 6.92 Å². The molecule has 0 radical (unpaired) electrons. The lowest BCUT2D eigenvalue weighted by Gasteiger charge is -2.07. The Hall–Kier alpha value is -4.27. The number of hydrazone groups is 1. The van der Waals surface area contributed by atoms with Crippen molar-refractivity contribution in [3.8, 4) is 0 Å². The van der Waals surface area contributed by atoms with Gasteiger partial charge in [-0.2, -0.15) is 5.10 Å². The Morgan fingerprint density at radius 3 is 2.48 bits per heavy atom. The smallest absolute Gasteiger partial charge is 0.291 e. The van der Waals surface area contributed by atoms with Crippen LogP contribution in [-0.4, -0.2) is 22.4 Å². The molecular weight excluding hydrogens is 376 g/mol. The van der Waals surface area contributed by atoms with Crippen molar-refractivity contribution in [1.29, 1.82) is 0 Å². The van der Waals surface area contributed by atoms with E-state index in [1.807, 2.05) is 0 Å². The summed E-state index contributed by atoms with van der Waals surface area (Å²) in [4.78, 5) is 34.5. The molecule has 0 saturated heterocycles. The van der Waals surface area contributed by atoms with Gasteiger partial charge in [0.15, 0.2) is 5.76 Å². The SMILES string of the molecule is C/C(=N\NC(=O)c1cccc([N+](=O)[O-])c1)c1cccc(NC(=O)c2ccco2)c1. The van der Waals surface area contributed by atoms with E-state index in [1.54, 1.807) is 43.3 Å². The normalized spacial score (nSPS) is 11.0. The lowest BCUT2D eigenvalue weighted by Crippen LogP contribution is -2.19. The molecule has 2 amide bonds. The number of carbonyl (C=O) groups excluding carboxylic acids is 2. The van der Waals surface area contributed by atoms with Crippen LogP contribution in [0.4, 0.5) is 11.4 Å². The summed E-state index contributed by atoms with van der Waals surface area (Å²) in [7, 11) is 0. The average Bonchev–Trinajstić information content (AvgIpc) is 3.27. The Kier molecular flexibility index (Phi) is 5.79. The zero-order valence-corrected chi connectivity index (χ0v) is 15.3. The summed E-state index contributed by atoms with van der Waals surface area (Å²) in [6.45, 7) is 1.68. The highest BCUT2D eigenvalue weighted by molar-refractivity contribution is 6.04. The molecule has 0 aliphatic carbocycles. The Bertz CT molecular complexity index is 1090. The van der Waals surface area contributed by atoms with Gasteiger partial charge in [0.25, 0.3) is 17.5 Å². The highest BCUT2D eigenvalue weighted by Crippen LogP contribution is 2.15. The predicted octanol–water partition coefficient (Wildman–Crippen LogP) is 3.59. The van der Waals surface area contributed by atoms with Gasteiger partial charge in [-0.15, -0.1) is 0 Å². The van der Waals surface area contributed by atoms with Crippen LogP contribution in [0, 0.1) is 10.1 Å². The largest absolute Gasteiger partial charge is 0.459 e. The summed E-state index contributed by atoms with van der Waals surface area (Å²) in [5.41, 5.74) is 3.99. The lowest BCUT2D eigenvalue weighted by atomic mass is 10.1. The van der Waals surface area contributed by atoms with Crippen LogP contribution in [0.5, 0.6) is 0 Å². The molecule has 146 valence electrons. The van der Waals surface area contributed by atoms with E-state index in [2.05, 4.69) is 15.8 Å². The van der Waals surface area contributed by atoms with E-state index >= 15 is 0 Å². The van der Waals surface area contributed by atoms with E-state index < -0.39 is 10.8 Å². The minimum Gasteiger partial charge on any atom is -0.459 e. The van der Waals surface area contributed by atoms with Crippen molar-refractivity contribution in [1.82, 2.24) is 5.43 Å². The molecule has 0 fully saturated rings. The molecule has 29 heavy (non-hydrogen) atoms. The Morgan fingerprint density at radius 1 is 1.00 bits per heavy atom. The topological polar surface area (TPSA) is 127 Å². The first-order valence-electron chi connectivity index (χ1n) is 8.48. The van der Waals surface area contributed by atoms with Gasteiger partial charge >= 0.3 is 0 Å². The van der Waals surface area contributed by atoms with Gasteiger partial charge in [-0.1, -0.05) is 18.2 Å². The van der Waals surface area contributed by atoms with E-state index in [9.17, 15) is 19.7 Å². The highest BCUT2D eigenvalue weighted by Gasteiger charge is 2.12. The van der Waals surface area contributed by atoms with Crippen molar-refractivity contribution in [3.63, 3.8) is 0 Å². The fourth-order valence-electron chi connectivity index (χ4n) is 2.45. The molecule has 2 aromatic carbocycles. The molecule has 0 spiro atoms. The van der Waals surface area contributed by atoms with E-state index in [0.717, 1.165) is 0 Å². The monoisotopic (exact) mass is 392 g/mol. The molecule has 1 heterocycles. The van der Waals surface area contributed by atoms with E-state index in [-0.39, 0.29) is 22.9 Å². The molecule has 0 unspecified atom stereocenters. The van der Waals surface area contributed by atoms with Crippen LogP contribution < -0.4 is 10.7 Å². The fraction of sp³-hybridized carbons (Fsp3) is 0.0500. The van der Waals surface area contributed by atoms with Crippen LogP contribution >= 0.6 is 0 Å². The van der Waals surface area contributed by atoms with Gasteiger partial charge in [-0.25, -0.2) is 5.43 Å². The molecular formula is C20H16N4O5. The summed E-state index contributed by atoms with van der Waals surface area (Å²) in [6.07, 6.45) is 1.41. The summed E-state index contributed by atoms with van der Waals surface area (Å²) < 4.78 is 5.05. The Labute approximate surface area is 165 Å². The van der Waals surface area contributed by atoms with Crippen LogP contribution in [0.15, 0.2) is 76.4 Å². The van der Waals surface area contributed by atoms with Crippen LogP contribution in [0.25, 0.3) is 0 Å². The number of nitrogens with zero attached hydrogens (tertiary/aromatic N) is 2. The maximum absolute atomic E-state index is 12.2. The number of benzene rings is 2. The number of amides is 2. The predicted molar refractivity (Wildman–Crippen MR) is 106 cm³/mol. The number of nitrogens with one attached hydrogen (secondary N) is 2. The van der Waals surface area contributed by atoms with Crippen LogP contribution in [0.2, 0.25) is 0 Å². The second-order valence-electron chi connectivity index (χ2n) is 5.96. The summed E-state index contributed by atoms with van der Waals surface area (Å²) in [5, 5.41) is 17.6. The molecule has 1 aromatic heterocycles. The number of carbonyl (C=O) groups is 2. The van der Waals surface area contributed by atoms with Gasteiger partial charge in [-0.3, -0.25) is 19.7 Å². The van der Waals surface area contributed by atoms with Gasteiger partial charge in [0, 0.05) is 23.4 Å². The van der Waals surface area contributed by atoms with Crippen molar-refractivity contribution in [2.24, 2.45) is 5.10 Å². The molecule has 2 N–H and O–H groups in total. The number of furan rings is 1. The molecule has 0 bridgehead atoms. The zero-order valence-electron chi connectivity index (χ0n) is 15.3. The zero-order chi connectivity index (χ0) is 20.8. The fourth-order valence-corrected chi connectivity index (χ4v) is 2.45. The minimum absolute atomic E-state index is 0.121.